The topological polar surface area (TPSA) is 67.9 Å². The van der Waals surface area contributed by atoms with Gasteiger partial charge in [-0.05, 0) is 48.4 Å². The first-order valence-electron chi connectivity index (χ1n) is 11.4. The summed E-state index contributed by atoms with van der Waals surface area (Å²) in [6, 6.07) is 8.84. The van der Waals surface area contributed by atoms with E-state index in [1.165, 1.54) is 0 Å². The summed E-state index contributed by atoms with van der Waals surface area (Å²) in [6.07, 6.45) is 6.29. The number of rotatable bonds is 11. The fourth-order valence-electron chi connectivity index (χ4n) is 4.24. The molecule has 1 fully saturated rings. The summed E-state index contributed by atoms with van der Waals surface area (Å²) in [5.74, 6) is 0.975. The molecule has 0 bridgehead atoms. The maximum absolute atomic E-state index is 13.6. The van der Waals surface area contributed by atoms with Crippen LogP contribution < -0.4 is 14.8 Å². The van der Waals surface area contributed by atoms with E-state index in [4.69, 9.17) is 9.47 Å². The summed E-state index contributed by atoms with van der Waals surface area (Å²) in [6.45, 7) is 2.61. The van der Waals surface area contributed by atoms with Crippen LogP contribution in [0.1, 0.15) is 61.9 Å². The van der Waals surface area contributed by atoms with Crippen molar-refractivity contribution in [2.45, 2.75) is 64.0 Å². The molecule has 32 heavy (non-hydrogen) atoms. The number of nitrogens with zero attached hydrogens (tertiary/aromatic N) is 1. The molecule has 1 aliphatic carbocycles. The van der Waals surface area contributed by atoms with Crippen molar-refractivity contribution < 1.29 is 19.1 Å². The van der Waals surface area contributed by atoms with Crippen molar-refractivity contribution in [3.05, 3.63) is 46.2 Å². The number of methoxy groups -OCH3 is 2. The van der Waals surface area contributed by atoms with Gasteiger partial charge in [-0.15, -0.1) is 11.3 Å². The quantitative estimate of drug-likeness (QED) is 0.528. The first-order chi connectivity index (χ1) is 15.6. The molecule has 1 aromatic heterocycles. The molecule has 0 saturated heterocycles. The second-order valence-electron chi connectivity index (χ2n) is 8.20. The zero-order valence-electron chi connectivity index (χ0n) is 19.3. The zero-order chi connectivity index (χ0) is 22.9. The smallest absolute Gasteiger partial charge is 0.247 e. The summed E-state index contributed by atoms with van der Waals surface area (Å²) in [5.41, 5.74) is 0.730. The van der Waals surface area contributed by atoms with Gasteiger partial charge in [-0.2, -0.15) is 0 Å². The Balaban J connectivity index is 1.96. The van der Waals surface area contributed by atoms with Crippen LogP contribution in [0.25, 0.3) is 0 Å². The lowest BCUT2D eigenvalue weighted by molar-refractivity contribution is -0.140. The van der Waals surface area contributed by atoms with E-state index in [1.807, 2.05) is 29.6 Å². The first-order valence-corrected chi connectivity index (χ1v) is 12.3. The second-order valence-corrected chi connectivity index (χ2v) is 9.24. The SMILES string of the molecule is CCCCN(C(=O)Cc1cccs1)[C@H](C(=O)NC1CCCC1)c1ccc(OC)c(OC)c1. The molecule has 0 unspecified atom stereocenters. The van der Waals surface area contributed by atoms with E-state index in [9.17, 15) is 9.59 Å². The molecule has 2 amide bonds. The maximum atomic E-state index is 13.6. The Kier molecular flexibility index (Phi) is 8.97. The van der Waals surface area contributed by atoms with Gasteiger partial charge in [-0.25, -0.2) is 0 Å². The van der Waals surface area contributed by atoms with Crippen LogP contribution in [0.2, 0.25) is 0 Å². The summed E-state index contributed by atoms with van der Waals surface area (Å²) in [7, 11) is 3.16. The molecule has 1 atom stereocenters. The van der Waals surface area contributed by atoms with Gasteiger partial charge in [-0.1, -0.05) is 38.3 Å². The molecular formula is C25H34N2O4S. The third kappa shape index (κ3) is 6.03. The van der Waals surface area contributed by atoms with Crippen molar-refractivity contribution in [3.63, 3.8) is 0 Å². The van der Waals surface area contributed by atoms with E-state index >= 15 is 0 Å². The van der Waals surface area contributed by atoms with E-state index in [-0.39, 0.29) is 17.9 Å². The molecule has 0 spiro atoms. The van der Waals surface area contributed by atoms with Crippen LogP contribution >= 0.6 is 11.3 Å². The number of hydrogen-bond acceptors (Lipinski definition) is 5. The Bertz CT molecular complexity index is 878. The van der Waals surface area contributed by atoms with Crippen LogP contribution in [-0.2, 0) is 16.0 Å². The van der Waals surface area contributed by atoms with E-state index in [0.717, 1.165) is 49.0 Å². The highest BCUT2D eigenvalue weighted by atomic mass is 32.1. The summed E-state index contributed by atoms with van der Waals surface area (Å²) < 4.78 is 10.9. The minimum Gasteiger partial charge on any atom is -0.493 e. The van der Waals surface area contributed by atoms with Crippen LogP contribution in [0.3, 0.4) is 0 Å². The van der Waals surface area contributed by atoms with Gasteiger partial charge in [0.15, 0.2) is 11.5 Å². The van der Waals surface area contributed by atoms with Gasteiger partial charge in [0.1, 0.15) is 6.04 Å². The average Bonchev–Trinajstić information content (AvgIpc) is 3.50. The Morgan fingerprint density at radius 2 is 1.91 bits per heavy atom. The average molecular weight is 459 g/mol. The van der Waals surface area contributed by atoms with E-state index in [0.29, 0.717) is 24.5 Å². The normalized spacial score (nSPS) is 14.7. The summed E-state index contributed by atoms with van der Waals surface area (Å²) in [5, 5.41) is 5.18. The fourth-order valence-corrected chi connectivity index (χ4v) is 4.93. The molecule has 2 aromatic rings. The number of nitrogens with one attached hydrogen (secondary N) is 1. The van der Waals surface area contributed by atoms with E-state index in [1.54, 1.807) is 36.5 Å². The molecule has 174 valence electrons. The van der Waals surface area contributed by atoms with Crippen molar-refractivity contribution >= 4 is 23.2 Å². The molecule has 0 radical (unpaired) electrons. The van der Waals surface area contributed by atoms with Gasteiger partial charge in [-0.3, -0.25) is 9.59 Å². The van der Waals surface area contributed by atoms with Gasteiger partial charge in [0.2, 0.25) is 11.8 Å². The number of unbranched alkanes of at least 4 members (excludes halogenated alkanes) is 1. The highest BCUT2D eigenvalue weighted by molar-refractivity contribution is 7.10. The minimum atomic E-state index is -0.714. The Morgan fingerprint density at radius 3 is 2.53 bits per heavy atom. The molecule has 6 nitrogen and oxygen atoms in total. The van der Waals surface area contributed by atoms with Crippen molar-refractivity contribution in [2.24, 2.45) is 0 Å². The molecule has 0 aliphatic heterocycles. The molecule has 1 N–H and O–H groups in total. The van der Waals surface area contributed by atoms with Gasteiger partial charge in [0, 0.05) is 17.5 Å². The highest BCUT2D eigenvalue weighted by Gasteiger charge is 2.33. The van der Waals surface area contributed by atoms with E-state index < -0.39 is 6.04 Å². The number of carbonyl (C=O) groups is 2. The predicted octanol–water partition coefficient (Wildman–Crippen LogP) is 4.74. The number of amides is 2. The molecular weight excluding hydrogens is 424 g/mol. The zero-order valence-corrected chi connectivity index (χ0v) is 20.1. The van der Waals surface area contributed by atoms with Gasteiger partial charge in [0.05, 0.1) is 20.6 Å². The van der Waals surface area contributed by atoms with Crippen molar-refractivity contribution in [1.29, 1.82) is 0 Å². The molecule has 7 heteroatoms. The van der Waals surface area contributed by atoms with Crippen LogP contribution in [0.4, 0.5) is 0 Å². The van der Waals surface area contributed by atoms with Crippen molar-refractivity contribution in [2.75, 3.05) is 20.8 Å². The summed E-state index contributed by atoms with van der Waals surface area (Å²) >= 11 is 1.56. The maximum Gasteiger partial charge on any atom is 0.247 e. The van der Waals surface area contributed by atoms with Crippen molar-refractivity contribution in [3.8, 4) is 11.5 Å². The predicted molar refractivity (Wildman–Crippen MR) is 127 cm³/mol. The standard InChI is InChI=1S/C25H34N2O4S/c1-4-5-14-27(23(28)17-20-11-8-15-32-20)24(25(29)26-19-9-6-7-10-19)18-12-13-21(30-2)22(16-18)31-3/h8,11-13,15-16,19,24H,4-7,9-10,14,17H2,1-3H3,(H,26,29)/t24-/m0/s1. The molecule has 1 heterocycles. The molecule has 1 aliphatic rings. The largest absolute Gasteiger partial charge is 0.493 e. The van der Waals surface area contributed by atoms with Gasteiger partial charge in [0.25, 0.3) is 0 Å². The van der Waals surface area contributed by atoms with Crippen LogP contribution in [0.5, 0.6) is 11.5 Å². The summed E-state index contributed by atoms with van der Waals surface area (Å²) in [4.78, 5) is 29.8. The number of carbonyl (C=O) groups excluding carboxylic acids is 2. The van der Waals surface area contributed by atoms with E-state index in [2.05, 4.69) is 12.2 Å². The number of hydrogen-bond donors (Lipinski definition) is 1. The molecule has 3 rings (SSSR count). The number of ether oxygens (including phenoxy) is 2. The number of thiophene rings is 1. The Morgan fingerprint density at radius 1 is 1.16 bits per heavy atom. The van der Waals surface area contributed by atoms with Crippen LogP contribution in [-0.4, -0.2) is 43.5 Å². The minimum absolute atomic E-state index is 0.0396. The lowest BCUT2D eigenvalue weighted by atomic mass is 10.0. The molecule has 1 aromatic carbocycles. The third-order valence-electron chi connectivity index (χ3n) is 5.96. The fraction of sp³-hybridized carbons (Fsp3) is 0.520. The lowest BCUT2D eigenvalue weighted by Gasteiger charge is -2.32. The second kappa shape index (κ2) is 11.9. The Hall–Kier alpha value is -2.54. The monoisotopic (exact) mass is 458 g/mol. The Labute approximate surface area is 194 Å². The third-order valence-corrected chi connectivity index (χ3v) is 6.84. The first kappa shape index (κ1) is 24.1. The lowest BCUT2D eigenvalue weighted by Crippen LogP contribution is -2.47. The van der Waals surface area contributed by atoms with Crippen molar-refractivity contribution in [1.82, 2.24) is 10.2 Å². The van der Waals surface area contributed by atoms with Gasteiger partial charge >= 0.3 is 0 Å². The van der Waals surface area contributed by atoms with Gasteiger partial charge < -0.3 is 19.7 Å². The number of benzene rings is 1. The molecule has 1 saturated carbocycles. The highest BCUT2D eigenvalue weighted by Crippen LogP contribution is 2.33. The van der Waals surface area contributed by atoms with Crippen LogP contribution in [0.15, 0.2) is 35.7 Å². The van der Waals surface area contributed by atoms with Crippen LogP contribution in [0, 0.1) is 0 Å².